The van der Waals surface area contributed by atoms with E-state index in [0.717, 1.165) is 6.20 Å². The highest BCUT2D eigenvalue weighted by Crippen LogP contribution is 2.29. The van der Waals surface area contributed by atoms with E-state index in [4.69, 9.17) is 16.3 Å². The molecule has 11 heteroatoms. The first kappa shape index (κ1) is 20.6. The fraction of sp³-hybridized carbons (Fsp3) is 0.312. The van der Waals surface area contributed by atoms with Gasteiger partial charge >= 0.3 is 12.5 Å². The van der Waals surface area contributed by atoms with Crippen molar-refractivity contribution >= 4 is 35.0 Å². The minimum absolute atomic E-state index is 0.0519. The molecule has 0 radical (unpaired) electrons. The maximum atomic E-state index is 12.2. The van der Waals surface area contributed by atoms with Gasteiger partial charge in [-0.1, -0.05) is 17.7 Å². The Labute approximate surface area is 157 Å². The molecule has 0 aliphatic rings. The Morgan fingerprint density at radius 1 is 1.19 bits per heavy atom. The van der Waals surface area contributed by atoms with Crippen LogP contribution in [-0.4, -0.2) is 28.0 Å². The van der Waals surface area contributed by atoms with Crippen molar-refractivity contribution in [2.75, 3.05) is 10.6 Å². The SMILES string of the molecule is CC(C)(C)OC(=O)Nc1cccc(Nc2ncc(OC(F)(F)F)c(Cl)n2)c1. The molecule has 1 amide bonds. The summed E-state index contributed by atoms with van der Waals surface area (Å²) in [5, 5.41) is 4.81. The zero-order valence-electron chi connectivity index (χ0n) is 14.5. The third-order valence-corrected chi connectivity index (χ3v) is 2.97. The molecule has 2 N–H and O–H groups in total. The van der Waals surface area contributed by atoms with E-state index in [2.05, 4.69) is 25.3 Å². The molecule has 0 spiro atoms. The topological polar surface area (TPSA) is 85.4 Å². The number of ether oxygens (including phenoxy) is 2. The Balaban J connectivity index is 2.08. The monoisotopic (exact) mass is 404 g/mol. The van der Waals surface area contributed by atoms with Crippen LogP contribution >= 0.6 is 11.6 Å². The fourth-order valence-electron chi connectivity index (χ4n) is 1.83. The van der Waals surface area contributed by atoms with Gasteiger partial charge in [-0.3, -0.25) is 5.32 Å². The number of anilines is 3. The van der Waals surface area contributed by atoms with Crippen LogP contribution in [0.25, 0.3) is 0 Å². The van der Waals surface area contributed by atoms with Crippen molar-refractivity contribution in [1.29, 1.82) is 0 Å². The Morgan fingerprint density at radius 2 is 1.85 bits per heavy atom. The summed E-state index contributed by atoms with van der Waals surface area (Å²) in [4.78, 5) is 19.2. The summed E-state index contributed by atoms with van der Waals surface area (Å²) in [6.07, 6.45) is -4.73. The lowest BCUT2D eigenvalue weighted by molar-refractivity contribution is -0.274. The summed E-state index contributed by atoms with van der Waals surface area (Å²) in [6, 6.07) is 6.46. The summed E-state index contributed by atoms with van der Waals surface area (Å²) in [5.74, 6) is -0.765. The average molecular weight is 405 g/mol. The predicted molar refractivity (Wildman–Crippen MR) is 93.3 cm³/mol. The Hall–Kier alpha value is -2.75. The smallest absolute Gasteiger partial charge is 0.444 e. The van der Waals surface area contributed by atoms with Crippen LogP contribution in [0.1, 0.15) is 20.8 Å². The van der Waals surface area contributed by atoms with Crippen molar-refractivity contribution in [2.45, 2.75) is 32.7 Å². The number of halogens is 4. The van der Waals surface area contributed by atoms with E-state index in [9.17, 15) is 18.0 Å². The second kappa shape index (κ2) is 7.87. The van der Waals surface area contributed by atoms with Crippen molar-refractivity contribution in [1.82, 2.24) is 9.97 Å². The maximum Gasteiger partial charge on any atom is 0.573 e. The summed E-state index contributed by atoms with van der Waals surface area (Å²) in [5.41, 5.74) is 0.242. The highest BCUT2D eigenvalue weighted by atomic mass is 35.5. The van der Waals surface area contributed by atoms with Gasteiger partial charge in [0.15, 0.2) is 10.9 Å². The minimum Gasteiger partial charge on any atom is -0.444 e. The summed E-state index contributed by atoms with van der Waals surface area (Å²) >= 11 is 5.67. The molecule has 0 saturated heterocycles. The number of hydrogen-bond acceptors (Lipinski definition) is 6. The van der Waals surface area contributed by atoms with E-state index in [-0.39, 0.29) is 5.95 Å². The van der Waals surface area contributed by atoms with Crippen LogP contribution in [0.3, 0.4) is 0 Å². The number of hydrogen-bond donors (Lipinski definition) is 2. The quantitative estimate of drug-likeness (QED) is 0.688. The fourth-order valence-corrected chi connectivity index (χ4v) is 2.00. The van der Waals surface area contributed by atoms with E-state index in [0.29, 0.717) is 11.4 Å². The highest BCUT2D eigenvalue weighted by Gasteiger charge is 2.32. The molecule has 0 aliphatic carbocycles. The van der Waals surface area contributed by atoms with Crippen molar-refractivity contribution in [2.24, 2.45) is 0 Å². The van der Waals surface area contributed by atoms with Gasteiger partial charge in [0, 0.05) is 11.4 Å². The molecule has 0 fully saturated rings. The molecule has 1 aromatic carbocycles. The lowest BCUT2D eigenvalue weighted by Crippen LogP contribution is -2.27. The van der Waals surface area contributed by atoms with Gasteiger partial charge in [-0.25, -0.2) is 9.78 Å². The second-order valence-electron chi connectivity index (χ2n) is 6.23. The normalized spacial score (nSPS) is 11.7. The molecule has 146 valence electrons. The molecular weight excluding hydrogens is 389 g/mol. The predicted octanol–water partition coefficient (Wildman–Crippen LogP) is 5.12. The van der Waals surface area contributed by atoms with E-state index in [1.54, 1.807) is 45.0 Å². The van der Waals surface area contributed by atoms with Crippen LogP contribution in [0.2, 0.25) is 5.15 Å². The van der Waals surface area contributed by atoms with Crippen LogP contribution in [0.5, 0.6) is 5.75 Å². The molecule has 0 bridgehead atoms. The number of carbonyl (C=O) groups is 1. The number of amides is 1. The molecular formula is C16H16ClF3N4O3. The van der Waals surface area contributed by atoms with Crippen molar-refractivity contribution < 1.29 is 27.4 Å². The molecule has 0 saturated carbocycles. The van der Waals surface area contributed by atoms with E-state index >= 15 is 0 Å². The van der Waals surface area contributed by atoms with Crippen molar-refractivity contribution in [3.63, 3.8) is 0 Å². The van der Waals surface area contributed by atoms with Crippen LogP contribution in [0.4, 0.5) is 35.3 Å². The van der Waals surface area contributed by atoms with Gasteiger partial charge in [-0.2, -0.15) is 4.98 Å². The molecule has 1 aromatic heterocycles. The van der Waals surface area contributed by atoms with Gasteiger partial charge in [0.1, 0.15) is 5.60 Å². The van der Waals surface area contributed by atoms with E-state index < -0.39 is 29.0 Å². The molecule has 1 heterocycles. The third kappa shape index (κ3) is 7.18. The summed E-state index contributed by atoms with van der Waals surface area (Å²) < 4.78 is 45.5. The molecule has 27 heavy (non-hydrogen) atoms. The van der Waals surface area contributed by atoms with Crippen LogP contribution in [-0.2, 0) is 4.74 Å². The van der Waals surface area contributed by atoms with Gasteiger partial charge < -0.3 is 14.8 Å². The number of carbonyl (C=O) groups excluding carboxylic acids is 1. The molecule has 7 nitrogen and oxygen atoms in total. The largest absolute Gasteiger partial charge is 0.573 e. The highest BCUT2D eigenvalue weighted by molar-refractivity contribution is 6.30. The molecule has 0 aliphatic heterocycles. The maximum absolute atomic E-state index is 12.2. The minimum atomic E-state index is -4.90. The second-order valence-corrected chi connectivity index (χ2v) is 6.59. The number of nitrogens with zero attached hydrogens (tertiary/aromatic N) is 2. The van der Waals surface area contributed by atoms with Gasteiger partial charge in [0.25, 0.3) is 0 Å². The van der Waals surface area contributed by atoms with Crippen LogP contribution in [0.15, 0.2) is 30.5 Å². The van der Waals surface area contributed by atoms with Crippen LogP contribution < -0.4 is 15.4 Å². The number of alkyl halides is 3. The number of rotatable bonds is 4. The van der Waals surface area contributed by atoms with Gasteiger partial charge in [0.05, 0.1) is 6.20 Å². The van der Waals surface area contributed by atoms with E-state index in [1.165, 1.54) is 0 Å². The molecule has 2 rings (SSSR count). The van der Waals surface area contributed by atoms with Gasteiger partial charge in [-0.15, -0.1) is 13.2 Å². The summed E-state index contributed by atoms with van der Waals surface area (Å²) in [7, 11) is 0. The Bertz CT molecular complexity index is 825. The molecule has 2 aromatic rings. The molecule has 0 unspecified atom stereocenters. The first-order valence-electron chi connectivity index (χ1n) is 7.57. The van der Waals surface area contributed by atoms with Crippen molar-refractivity contribution in [3.8, 4) is 5.75 Å². The number of benzene rings is 1. The lowest BCUT2D eigenvalue weighted by atomic mass is 10.2. The standard InChI is InChI=1S/C16H16ClF3N4O3/c1-15(2,3)27-14(25)23-10-6-4-5-9(7-10)22-13-21-8-11(12(17)24-13)26-16(18,19)20/h4-8H,1-3H3,(H,23,25)(H,21,22,24). The Kier molecular flexibility index (Phi) is 5.99. The van der Waals surface area contributed by atoms with Crippen molar-refractivity contribution in [3.05, 3.63) is 35.6 Å². The zero-order chi connectivity index (χ0) is 20.2. The first-order valence-corrected chi connectivity index (χ1v) is 7.94. The average Bonchev–Trinajstić information content (AvgIpc) is 2.47. The van der Waals surface area contributed by atoms with Crippen LogP contribution in [0, 0.1) is 0 Å². The van der Waals surface area contributed by atoms with Gasteiger partial charge in [0.2, 0.25) is 5.95 Å². The Morgan fingerprint density at radius 3 is 2.44 bits per heavy atom. The van der Waals surface area contributed by atoms with Gasteiger partial charge in [-0.05, 0) is 39.0 Å². The summed E-state index contributed by atoms with van der Waals surface area (Å²) in [6.45, 7) is 5.20. The van der Waals surface area contributed by atoms with E-state index in [1.807, 2.05) is 0 Å². The third-order valence-electron chi connectivity index (χ3n) is 2.70. The molecule has 0 atom stereocenters. The number of aromatic nitrogens is 2. The zero-order valence-corrected chi connectivity index (χ0v) is 15.3. The number of nitrogens with one attached hydrogen (secondary N) is 2. The lowest BCUT2D eigenvalue weighted by Gasteiger charge is -2.19. The first-order chi connectivity index (χ1) is 12.4.